The van der Waals surface area contributed by atoms with Gasteiger partial charge in [0.05, 0.1) is 28.1 Å². The first-order valence-corrected chi connectivity index (χ1v) is 11.8. The van der Waals surface area contributed by atoms with Gasteiger partial charge >= 0.3 is 29.6 Å². The molecule has 0 aliphatic carbocycles. The Labute approximate surface area is 234 Å². The second-order valence-corrected chi connectivity index (χ2v) is 8.91. The number of benzene rings is 4. The Morgan fingerprint density at radius 1 is 0.838 bits per heavy atom. The number of fused-ring (bicyclic) bond motifs is 1. The SMILES string of the molecule is CC([O-])=Nc1ccc(N=Nc2cc(S(=O)(=O)O)c3ccc(N=Nc4ccccc4)c(O)c3c2N)cc1.[Na+]. The fourth-order valence-electron chi connectivity index (χ4n) is 3.34. The van der Waals surface area contributed by atoms with E-state index in [0.29, 0.717) is 17.1 Å². The van der Waals surface area contributed by atoms with Gasteiger partial charge in [-0.25, -0.2) is 0 Å². The molecule has 13 heteroatoms. The van der Waals surface area contributed by atoms with Crippen LogP contribution in [0.4, 0.5) is 34.1 Å². The van der Waals surface area contributed by atoms with E-state index in [4.69, 9.17) is 5.73 Å². The molecule has 4 N–H and O–H groups in total. The normalized spacial score (nSPS) is 12.3. The van der Waals surface area contributed by atoms with Crippen LogP contribution in [0.2, 0.25) is 0 Å². The van der Waals surface area contributed by atoms with Crippen molar-refractivity contribution in [3.8, 4) is 5.75 Å². The maximum absolute atomic E-state index is 12.1. The quantitative estimate of drug-likeness (QED) is 0.0865. The van der Waals surface area contributed by atoms with Crippen molar-refractivity contribution < 1.29 is 52.7 Å². The van der Waals surface area contributed by atoms with Crippen LogP contribution in [0.1, 0.15) is 6.92 Å². The zero-order chi connectivity index (χ0) is 25.9. The molecule has 0 fully saturated rings. The number of phenols is 1. The summed E-state index contributed by atoms with van der Waals surface area (Å²) in [6.45, 7) is 1.33. The summed E-state index contributed by atoms with van der Waals surface area (Å²) in [7, 11) is -4.72. The summed E-state index contributed by atoms with van der Waals surface area (Å²) >= 11 is 0. The van der Waals surface area contributed by atoms with E-state index in [9.17, 15) is 23.2 Å². The Kier molecular flexibility index (Phi) is 8.73. The third kappa shape index (κ3) is 6.56. The molecule has 4 aromatic carbocycles. The van der Waals surface area contributed by atoms with Gasteiger partial charge in [-0.2, -0.15) is 18.6 Å². The first-order chi connectivity index (χ1) is 17.1. The van der Waals surface area contributed by atoms with E-state index in [1.54, 1.807) is 48.5 Å². The Morgan fingerprint density at radius 2 is 1.41 bits per heavy atom. The van der Waals surface area contributed by atoms with Gasteiger partial charge in [0.15, 0.2) is 5.75 Å². The van der Waals surface area contributed by atoms with Crippen molar-refractivity contribution in [1.82, 2.24) is 0 Å². The molecular formula is C24H19N6NaO5S. The monoisotopic (exact) mass is 526 g/mol. The molecule has 0 aromatic heterocycles. The molecule has 0 unspecified atom stereocenters. The van der Waals surface area contributed by atoms with Crippen LogP contribution >= 0.6 is 0 Å². The fourth-order valence-corrected chi connectivity index (χ4v) is 4.04. The number of nitrogen functional groups attached to an aromatic ring is 1. The molecule has 0 saturated heterocycles. The molecule has 182 valence electrons. The smallest absolute Gasteiger partial charge is 0.862 e. The maximum atomic E-state index is 12.1. The molecule has 0 amide bonds. The van der Waals surface area contributed by atoms with E-state index in [1.165, 1.54) is 19.1 Å². The van der Waals surface area contributed by atoms with Gasteiger partial charge in [-0.1, -0.05) is 24.3 Å². The van der Waals surface area contributed by atoms with Crippen LogP contribution in [-0.4, -0.2) is 24.0 Å². The number of aliphatic imine (C=N–C) groups is 1. The number of hydrogen-bond donors (Lipinski definition) is 3. The Bertz CT molecular complexity index is 1640. The predicted octanol–water partition coefficient (Wildman–Crippen LogP) is 2.62. The van der Waals surface area contributed by atoms with E-state index in [2.05, 4.69) is 25.4 Å². The third-order valence-corrected chi connectivity index (χ3v) is 5.85. The molecule has 4 aromatic rings. The maximum Gasteiger partial charge on any atom is 1.00 e. The van der Waals surface area contributed by atoms with Gasteiger partial charge in [0, 0.05) is 5.39 Å². The van der Waals surface area contributed by atoms with Gasteiger partial charge in [-0.05, 0) is 61.4 Å². The predicted molar refractivity (Wildman–Crippen MR) is 134 cm³/mol. The minimum atomic E-state index is -4.72. The van der Waals surface area contributed by atoms with Crippen molar-refractivity contribution >= 4 is 60.9 Å². The summed E-state index contributed by atoms with van der Waals surface area (Å²) in [5.41, 5.74) is 7.40. The molecule has 0 bridgehead atoms. The number of aromatic hydroxyl groups is 1. The van der Waals surface area contributed by atoms with Crippen molar-refractivity contribution in [2.24, 2.45) is 25.4 Å². The van der Waals surface area contributed by atoms with E-state index in [0.717, 1.165) is 6.07 Å². The Morgan fingerprint density at radius 3 is 2.00 bits per heavy atom. The van der Waals surface area contributed by atoms with Gasteiger partial charge in [-0.15, -0.1) is 10.2 Å². The number of nitrogens with zero attached hydrogens (tertiary/aromatic N) is 5. The third-order valence-electron chi connectivity index (χ3n) is 4.95. The molecule has 0 aliphatic heterocycles. The average Bonchev–Trinajstić information content (AvgIpc) is 2.83. The van der Waals surface area contributed by atoms with E-state index < -0.39 is 20.8 Å². The number of anilines is 1. The van der Waals surface area contributed by atoms with Crippen LogP contribution in [0.25, 0.3) is 10.8 Å². The number of rotatable bonds is 6. The minimum absolute atomic E-state index is 0. The van der Waals surface area contributed by atoms with Gasteiger partial charge in [0.2, 0.25) is 0 Å². The molecule has 0 aliphatic rings. The van der Waals surface area contributed by atoms with Crippen molar-refractivity contribution in [2.75, 3.05) is 5.73 Å². The van der Waals surface area contributed by atoms with Crippen molar-refractivity contribution in [3.63, 3.8) is 0 Å². The van der Waals surface area contributed by atoms with E-state index in [-0.39, 0.29) is 63.3 Å². The van der Waals surface area contributed by atoms with Crippen LogP contribution in [0.15, 0.2) is 103 Å². The molecule has 37 heavy (non-hydrogen) atoms. The standard InChI is InChI=1S/C24H20N6O5S.Na/c1-14(31)26-15-7-9-17(10-8-15)28-30-20-13-21(36(33,34)35)18-11-12-19(24(32)22(18)23(20)25)29-27-16-5-3-2-4-6-16;/h2-13,32H,25H2,1H3,(H,26,31)(H,33,34,35);/q;+1/p-1. The molecule has 0 heterocycles. The Hall–Kier alpha value is -3.68. The molecular weight excluding hydrogens is 507 g/mol. The number of nitrogens with two attached hydrogens (primary N) is 1. The van der Waals surface area contributed by atoms with Crippen LogP contribution < -0.4 is 40.4 Å². The van der Waals surface area contributed by atoms with Crippen molar-refractivity contribution in [2.45, 2.75) is 11.8 Å². The van der Waals surface area contributed by atoms with Crippen LogP contribution in [0, 0.1) is 0 Å². The summed E-state index contributed by atoms with van der Waals surface area (Å²) in [5.74, 6) is -0.796. The van der Waals surface area contributed by atoms with Crippen LogP contribution in [-0.2, 0) is 10.1 Å². The Balaban J connectivity index is 0.00000380. The second-order valence-electron chi connectivity index (χ2n) is 7.52. The van der Waals surface area contributed by atoms with Crippen molar-refractivity contribution in [1.29, 1.82) is 0 Å². The molecule has 0 saturated carbocycles. The van der Waals surface area contributed by atoms with Gasteiger partial charge in [0.25, 0.3) is 10.1 Å². The summed E-state index contributed by atoms with van der Waals surface area (Å²) in [4.78, 5) is 3.27. The van der Waals surface area contributed by atoms with Gasteiger partial charge in [0.1, 0.15) is 16.3 Å². The largest absolute Gasteiger partial charge is 1.00 e. The van der Waals surface area contributed by atoms with Gasteiger partial charge < -0.3 is 15.9 Å². The molecule has 0 atom stereocenters. The molecule has 0 radical (unpaired) electrons. The van der Waals surface area contributed by atoms with Crippen LogP contribution in [0.5, 0.6) is 5.75 Å². The zero-order valence-corrected chi connectivity index (χ0v) is 22.6. The van der Waals surface area contributed by atoms with Crippen molar-refractivity contribution in [3.05, 3.63) is 72.8 Å². The van der Waals surface area contributed by atoms with E-state index >= 15 is 0 Å². The summed E-state index contributed by atoms with van der Waals surface area (Å²) in [5, 5.41) is 38.0. The van der Waals surface area contributed by atoms with Crippen LogP contribution in [0.3, 0.4) is 0 Å². The minimum Gasteiger partial charge on any atom is -0.862 e. The fraction of sp³-hybridized carbons (Fsp3) is 0.0417. The molecule has 0 spiro atoms. The zero-order valence-electron chi connectivity index (χ0n) is 19.8. The molecule has 4 rings (SSSR count). The summed E-state index contributed by atoms with van der Waals surface area (Å²) in [6.07, 6.45) is 0. The van der Waals surface area contributed by atoms with Gasteiger partial charge in [-0.3, -0.25) is 9.55 Å². The van der Waals surface area contributed by atoms with E-state index in [1.807, 2.05) is 6.07 Å². The number of hydrogen-bond acceptors (Lipinski definition) is 10. The summed E-state index contributed by atoms with van der Waals surface area (Å²) in [6, 6.07) is 18.8. The first-order valence-electron chi connectivity index (χ1n) is 10.4. The topological polar surface area (TPSA) is 185 Å². The number of phenolic OH excluding ortho intramolecular Hbond substituents is 1. The number of azo groups is 2. The first kappa shape index (κ1) is 27.9. The molecule has 11 nitrogen and oxygen atoms in total. The summed E-state index contributed by atoms with van der Waals surface area (Å²) < 4.78 is 34.0. The average molecular weight is 527 g/mol. The second kappa shape index (κ2) is 11.6.